The SMILES string of the molecule is COc1ccc2c(-c3ccc(N(CC(=O)O)CC(=O)O)c(OCCOc4cc(F)ccc4N(CC(=O)O)CC(=O)O)c3)c3ccc(=[N+](C)C)cc-3oc2c1. The van der Waals surface area contributed by atoms with Crippen LogP contribution in [0.5, 0.6) is 17.2 Å². The molecule has 5 rings (SSSR count). The molecule has 0 saturated heterocycles. The van der Waals surface area contributed by atoms with E-state index in [9.17, 15) is 44.0 Å². The van der Waals surface area contributed by atoms with Crippen LogP contribution < -0.4 is 33.9 Å². The second kappa shape index (κ2) is 16.7. The number of nitrogens with zero attached hydrogens (tertiary/aromatic N) is 3. The summed E-state index contributed by atoms with van der Waals surface area (Å²) in [6, 6.07) is 19.2. The van der Waals surface area contributed by atoms with Gasteiger partial charge in [0, 0.05) is 34.7 Å². The fraction of sp³-hybridized carbons (Fsp3) is 0.237. The number of benzene rings is 4. The van der Waals surface area contributed by atoms with E-state index < -0.39 is 55.9 Å². The zero-order valence-corrected chi connectivity index (χ0v) is 29.4. The number of rotatable bonds is 17. The second-order valence-electron chi connectivity index (χ2n) is 12.2. The average molecular weight is 747 g/mol. The van der Waals surface area contributed by atoms with Crippen molar-refractivity contribution >= 4 is 46.2 Å². The molecule has 0 bridgehead atoms. The Hall–Kier alpha value is -6.84. The molecule has 16 heteroatoms. The van der Waals surface area contributed by atoms with E-state index in [1.165, 1.54) is 13.2 Å². The fourth-order valence-electron chi connectivity index (χ4n) is 5.90. The maximum Gasteiger partial charge on any atom is 0.323 e. The third-order valence-electron chi connectivity index (χ3n) is 8.18. The molecule has 0 radical (unpaired) electrons. The molecule has 4 N–H and O–H groups in total. The Kier molecular flexibility index (Phi) is 11.8. The third kappa shape index (κ3) is 9.14. The highest BCUT2D eigenvalue weighted by Crippen LogP contribution is 2.43. The first-order valence-electron chi connectivity index (χ1n) is 16.4. The van der Waals surface area contributed by atoms with Gasteiger partial charge in [-0.3, -0.25) is 19.2 Å². The van der Waals surface area contributed by atoms with Crippen molar-refractivity contribution in [1.82, 2.24) is 4.58 Å². The lowest BCUT2D eigenvalue weighted by Crippen LogP contribution is -2.35. The number of carboxylic acids is 4. The van der Waals surface area contributed by atoms with Crippen LogP contribution in [0.25, 0.3) is 33.4 Å². The molecule has 0 aromatic heterocycles. The zero-order chi connectivity index (χ0) is 39.1. The highest BCUT2D eigenvalue weighted by molar-refractivity contribution is 6.02. The molecule has 1 aliphatic heterocycles. The highest BCUT2D eigenvalue weighted by Gasteiger charge is 2.24. The summed E-state index contributed by atoms with van der Waals surface area (Å²) in [7, 11) is 5.33. The van der Waals surface area contributed by atoms with Gasteiger partial charge in [0.15, 0.2) is 0 Å². The maximum absolute atomic E-state index is 14.3. The van der Waals surface area contributed by atoms with Crippen LogP contribution in [0.4, 0.5) is 15.8 Å². The molecule has 0 fully saturated rings. The number of fused-ring (bicyclic) bond motifs is 2. The van der Waals surface area contributed by atoms with Crippen LogP contribution in [0.2, 0.25) is 0 Å². The number of hydrogen-bond acceptors (Lipinski definition) is 10. The number of carboxylic acid groups (broad SMARTS) is 4. The van der Waals surface area contributed by atoms with E-state index in [0.717, 1.165) is 38.4 Å². The quantitative estimate of drug-likeness (QED) is 0.0609. The van der Waals surface area contributed by atoms with E-state index in [1.54, 1.807) is 30.3 Å². The van der Waals surface area contributed by atoms with Crippen molar-refractivity contribution in [1.29, 1.82) is 0 Å². The summed E-state index contributed by atoms with van der Waals surface area (Å²) in [5.74, 6) is -4.87. The van der Waals surface area contributed by atoms with Gasteiger partial charge in [-0.2, -0.15) is 0 Å². The minimum Gasteiger partial charge on any atom is -0.497 e. The molecule has 282 valence electrons. The molecule has 54 heavy (non-hydrogen) atoms. The Labute approximate surface area is 307 Å². The summed E-state index contributed by atoms with van der Waals surface area (Å²) in [6.07, 6.45) is 0. The lowest BCUT2D eigenvalue weighted by Gasteiger charge is -2.25. The Morgan fingerprint density at radius 3 is 1.80 bits per heavy atom. The predicted molar refractivity (Wildman–Crippen MR) is 194 cm³/mol. The van der Waals surface area contributed by atoms with Crippen LogP contribution in [0.15, 0.2) is 77.2 Å². The van der Waals surface area contributed by atoms with Gasteiger partial charge in [-0.15, -0.1) is 0 Å². The van der Waals surface area contributed by atoms with E-state index in [4.69, 9.17) is 18.6 Å². The normalized spacial score (nSPS) is 10.9. The average Bonchev–Trinajstić information content (AvgIpc) is 3.10. The van der Waals surface area contributed by atoms with Crippen molar-refractivity contribution in [2.24, 2.45) is 0 Å². The first-order valence-corrected chi connectivity index (χ1v) is 16.4. The van der Waals surface area contributed by atoms with Gasteiger partial charge < -0.3 is 48.9 Å². The monoisotopic (exact) mass is 746 g/mol. The number of halogens is 1. The standard InChI is InChI=1S/C38H36FN3O12/c1-40(2)24-6-8-26-30(16-24)54-31-17-25(51-3)7-9-27(31)38(26)22-4-10-28(41(18-34(43)44)19-35(45)46)32(14-22)52-12-13-53-33-15-23(39)5-11-29(33)42(20-36(47)48)21-37(49)50/h4-11,14-17H,12-13,18-21H2,1-3H3,(H3-,43,44,45,46,47,48,49,50)/p+1. The van der Waals surface area contributed by atoms with Crippen molar-refractivity contribution < 1.29 is 62.6 Å². The lowest BCUT2D eigenvalue weighted by molar-refractivity contribution is -0.138. The Bertz CT molecular complexity index is 2230. The smallest absolute Gasteiger partial charge is 0.323 e. The summed E-state index contributed by atoms with van der Waals surface area (Å²) in [5.41, 5.74) is 2.75. The van der Waals surface area contributed by atoms with Crippen LogP contribution in [-0.4, -0.2) is 105 Å². The number of methoxy groups -OCH3 is 1. The summed E-state index contributed by atoms with van der Waals surface area (Å²) in [6.45, 7) is -3.26. The number of anilines is 2. The van der Waals surface area contributed by atoms with E-state index in [1.807, 2.05) is 42.9 Å². The van der Waals surface area contributed by atoms with Crippen molar-refractivity contribution in [3.63, 3.8) is 0 Å². The topological polar surface area (TPSA) is 200 Å². The molecule has 2 aliphatic rings. The molecule has 15 nitrogen and oxygen atoms in total. The number of aliphatic carboxylic acids is 4. The van der Waals surface area contributed by atoms with Crippen LogP contribution >= 0.6 is 0 Å². The van der Waals surface area contributed by atoms with Gasteiger partial charge in [0.2, 0.25) is 5.36 Å². The molecule has 0 spiro atoms. The first-order chi connectivity index (χ1) is 25.7. The van der Waals surface area contributed by atoms with Gasteiger partial charge >= 0.3 is 23.9 Å². The van der Waals surface area contributed by atoms with E-state index in [-0.39, 0.29) is 36.1 Å². The van der Waals surface area contributed by atoms with Gasteiger partial charge in [0.25, 0.3) is 0 Å². The van der Waals surface area contributed by atoms with E-state index in [0.29, 0.717) is 28.0 Å². The number of carbonyl (C=O) groups is 4. The van der Waals surface area contributed by atoms with Gasteiger partial charge in [-0.05, 0) is 48.0 Å². The van der Waals surface area contributed by atoms with Crippen molar-refractivity contribution in [3.05, 3.63) is 84.0 Å². The highest BCUT2D eigenvalue weighted by atomic mass is 19.1. The predicted octanol–water partition coefficient (Wildman–Crippen LogP) is 3.79. The maximum atomic E-state index is 14.3. The molecule has 3 aromatic rings. The summed E-state index contributed by atoms with van der Waals surface area (Å²) < 4.78 is 39.9. The van der Waals surface area contributed by atoms with Crippen LogP contribution in [-0.2, 0) is 19.2 Å². The Morgan fingerprint density at radius 2 is 1.26 bits per heavy atom. The second-order valence-corrected chi connectivity index (χ2v) is 12.2. The van der Waals surface area contributed by atoms with Gasteiger partial charge in [0.05, 0.1) is 24.6 Å². The summed E-state index contributed by atoms with van der Waals surface area (Å²) >= 11 is 0. The van der Waals surface area contributed by atoms with E-state index >= 15 is 0 Å². The molecular weight excluding hydrogens is 709 g/mol. The first kappa shape index (κ1) is 38.4. The minimum atomic E-state index is -1.32. The van der Waals surface area contributed by atoms with Crippen molar-refractivity contribution in [2.75, 3.05) is 70.4 Å². The molecule has 1 heterocycles. The molecule has 3 aromatic carbocycles. The van der Waals surface area contributed by atoms with Gasteiger partial charge in [0.1, 0.15) is 87.9 Å². The minimum absolute atomic E-state index is 0.0141. The molecule has 0 saturated carbocycles. The zero-order valence-electron chi connectivity index (χ0n) is 29.4. The summed E-state index contributed by atoms with van der Waals surface area (Å²) in [5, 5.41) is 39.6. The van der Waals surface area contributed by atoms with Gasteiger partial charge in [-0.1, -0.05) is 6.07 Å². The largest absolute Gasteiger partial charge is 0.497 e. The Balaban J connectivity index is 1.58. The molecule has 0 amide bonds. The molecular formula is C38H37FN3O12+. The van der Waals surface area contributed by atoms with Crippen LogP contribution in [0, 0.1) is 5.82 Å². The van der Waals surface area contributed by atoms with E-state index in [2.05, 4.69) is 0 Å². The third-order valence-corrected chi connectivity index (χ3v) is 8.18. The van der Waals surface area contributed by atoms with Crippen LogP contribution in [0.3, 0.4) is 0 Å². The van der Waals surface area contributed by atoms with Crippen molar-refractivity contribution in [3.8, 4) is 39.7 Å². The molecule has 1 aliphatic carbocycles. The summed E-state index contributed by atoms with van der Waals surface area (Å²) in [4.78, 5) is 48.7. The number of ether oxygens (including phenoxy) is 3. The lowest BCUT2D eigenvalue weighted by atomic mass is 9.93. The number of hydrogen-bond donors (Lipinski definition) is 4. The Morgan fingerprint density at radius 1 is 0.704 bits per heavy atom. The fourth-order valence-corrected chi connectivity index (χ4v) is 5.90. The molecule has 0 unspecified atom stereocenters. The molecule has 0 atom stereocenters. The van der Waals surface area contributed by atoms with Gasteiger partial charge in [-0.25, -0.2) is 8.97 Å². The van der Waals surface area contributed by atoms with Crippen molar-refractivity contribution in [2.45, 2.75) is 0 Å². The van der Waals surface area contributed by atoms with Crippen LogP contribution in [0.1, 0.15) is 0 Å².